The van der Waals surface area contributed by atoms with E-state index in [1.54, 1.807) is 0 Å². The standard InChI is InChI=1S/C13H26O2/c1-3-5-7-9-13(8-6-4-2)10-11-15-12-14/h12-13H,3-11H2,1-2H3. The molecule has 15 heavy (non-hydrogen) atoms. The summed E-state index contributed by atoms with van der Waals surface area (Å²) in [6.07, 6.45) is 10.1. The van der Waals surface area contributed by atoms with E-state index < -0.39 is 0 Å². The molecule has 0 aromatic rings. The summed E-state index contributed by atoms with van der Waals surface area (Å²) in [6, 6.07) is 0. The van der Waals surface area contributed by atoms with Gasteiger partial charge in [-0.25, -0.2) is 0 Å². The van der Waals surface area contributed by atoms with Crippen LogP contribution in [0.3, 0.4) is 0 Å². The lowest BCUT2D eigenvalue weighted by molar-refractivity contribution is -0.129. The molecule has 0 saturated carbocycles. The van der Waals surface area contributed by atoms with E-state index in [-0.39, 0.29) is 0 Å². The Labute approximate surface area is 94.4 Å². The van der Waals surface area contributed by atoms with E-state index in [9.17, 15) is 4.79 Å². The van der Waals surface area contributed by atoms with Gasteiger partial charge in [-0.15, -0.1) is 0 Å². The van der Waals surface area contributed by atoms with Crippen molar-refractivity contribution in [3.63, 3.8) is 0 Å². The minimum absolute atomic E-state index is 0.558. The second kappa shape index (κ2) is 11.5. The van der Waals surface area contributed by atoms with Crippen LogP contribution in [0, 0.1) is 5.92 Å². The second-order valence-electron chi connectivity index (χ2n) is 4.26. The van der Waals surface area contributed by atoms with Crippen molar-refractivity contribution in [3.8, 4) is 0 Å². The predicted octanol–water partition coefficient (Wildman–Crippen LogP) is 3.94. The van der Waals surface area contributed by atoms with Crippen LogP contribution >= 0.6 is 0 Å². The van der Waals surface area contributed by atoms with Crippen molar-refractivity contribution >= 4 is 6.47 Å². The molecule has 0 rings (SSSR count). The lowest BCUT2D eigenvalue weighted by atomic mass is 9.93. The Balaban J connectivity index is 3.57. The van der Waals surface area contributed by atoms with Gasteiger partial charge in [-0.3, -0.25) is 4.79 Å². The van der Waals surface area contributed by atoms with Crippen LogP contribution in [0.5, 0.6) is 0 Å². The first-order valence-electron chi connectivity index (χ1n) is 6.40. The van der Waals surface area contributed by atoms with E-state index >= 15 is 0 Å². The summed E-state index contributed by atoms with van der Waals surface area (Å²) >= 11 is 0. The molecular weight excluding hydrogens is 188 g/mol. The zero-order chi connectivity index (χ0) is 11.4. The van der Waals surface area contributed by atoms with Crippen LogP contribution in [0.2, 0.25) is 0 Å². The molecule has 0 bridgehead atoms. The van der Waals surface area contributed by atoms with Crippen LogP contribution in [0.1, 0.15) is 65.2 Å². The first-order valence-corrected chi connectivity index (χ1v) is 6.40. The van der Waals surface area contributed by atoms with Crippen molar-refractivity contribution in [2.75, 3.05) is 6.61 Å². The maximum absolute atomic E-state index is 10.0. The van der Waals surface area contributed by atoms with Crippen LogP contribution < -0.4 is 0 Å². The number of carbonyl (C=O) groups is 1. The fourth-order valence-corrected chi connectivity index (χ4v) is 1.89. The summed E-state index contributed by atoms with van der Waals surface area (Å²) in [5, 5.41) is 0. The molecule has 0 saturated heterocycles. The van der Waals surface area contributed by atoms with Gasteiger partial charge in [0.2, 0.25) is 0 Å². The van der Waals surface area contributed by atoms with Crippen molar-refractivity contribution in [1.29, 1.82) is 0 Å². The Morgan fingerprint density at radius 2 is 1.67 bits per heavy atom. The molecule has 0 aromatic carbocycles. The van der Waals surface area contributed by atoms with Gasteiger partial charge in [0.25, 0.3) is 6.47 Å². The fraction of sp³-hybridized carbons (Fsp3) is 0.923. The summed E-state index contributed by atoms with van der Waals surface area (Å²) in [7, 11) is 0. The quantitative estimate of drug-likeness (QED) is 0.385. The first-order chi connectivity index (χ1) is 7.35. The zero-order valence-corrected chi connectivity index (χ0v) is 10.3. The van der Waals surface area contributed by atoms with Gasteiger partial charge >= 0.3 is 0 Å². The molecule has 0 fully saturated rings. The van der Waals surface area contributed by atoms with Gasteiger partial charge in [-0.1, -0.05) is 58.8 Å². The van der Waals surface area contributed by atoms with E-state index in [0.717, 1.165) is 12.3 Å². The molecule has 0 radical (unpaired) electrons. The van der Waals surface area contributed by atoms with Crippen LogP contribution in [0.15, 0.2) is 0 Å². The molecule has 1 unspecified atom stereocenters. The van der Waals surface area contributed by atoms with Gasteiger partial charge in [-0.2, -0.15) is 0 Å². The third kappa shape index (κ3) is 9.77. The second-order valence-corrected chi connectivity index (χ2v) is 4.26. The molecule has 0 aliphatic heterocycles. The van der Waals surface area contributed by atoms with E-state index in [4.69, 9.17) is 4.74 Å². The lowest BCUT2D eigenvalue weighted by Crippen LogP contribution is -2.05. The maximum atomic E-state index is 10.0. The Bertz CT molecular complexity index is 134. The number of rotatable bonds is 11. The van der Waals surface area contributed by atoms with Crippen LogP contribution in [-0.4, -0.2) is 13.1 Å². The average Bonchev–Trinajstić information content (AvgIpc) is 2.25. The highest BCUT2D eigenvalue weighted by Crippen LogP contribution is 2.20. The Hall–Kier alpha value is -0.530. The SMILES string of the molecule is CCCCCC(CCCC)CCOC=O. The average molecular weight is 214 g/mol. The predicted molar refractivity (Wildman–Crippen MR) is 63.8 cm³/mol. The molecule has 0 aliphatic carbocycles. The molecule has 90 valence electrons. The summed E-state index contributed by atoms with van der Waals surface area (Å²) in [6.45, 7) is 5.62. The van der Waals surface area contributed by atoms with Crippen molar-refractivity contribution in [1.82, 2.24) is 0 Å². The highest BCUT2D eigenvalue weighted by Gasteiger charge is 2.07. The van der Waals surface area contributed by atoms with Gasteiger partial charge in [0.15, 0.2) is 0 Å². The van der Waals surface area contributed by atoms with Crippen molar-refractivity contribution < 1.29 is 9.53 Å². The lowest BCUT2D eigenvalue weighted by Gasteiger charge is -2.15. The number of hydrogen-bond acceptors (Lipinski definition) is 2. The number of carbonyl (C=O) groups excluding carboxylic acids is 1. The molecular formula is C13H26O2. The van der Waals surface area contributed by atoms with Gasteiger partial charge in [0.1, 0.15) is 0 Å². The number of ether oxygens (including phenoxy) is 1. The third-order valence-electron chi connectivity index (χ3n) is 2.89. The highest BCUT2D eigenvalue weighted by atomic mass is 16.5. The summed E-state index contributed by atoms with van der Waals surface area (Å²) in [5.74, 6) is 0.761. The smallest absolute Gasteiger partial charge is 0.293 e. The normalized spacial score (nSPS) is 12.4. The molecule has 0 spiro atoms. The molecule has 0 amide bonds. The number of hydrogen-bond donors (Lipinski definition) is 0. The molecule has 2 nitrogen and oxygen atoms in total. The summed E-state index contributed by atoms with van der Waals surface area (Å²) < 4.78 is 4.77. The third-order valence-corrected chi connectivity index (χ3v) is 2.89. The molecule has 1 atom stereocenters. The topological polar surface area (TPSA) is 26.3 Å². The molecule has 0 aliphatic rings. The van der Waals surface area contributed by atoms with Gasteiger partial charge in [0, 0.05) is 0 Å². The largest absolute Gasteiger partial charge is 0.468 e. The number of unbranched alkanes of at least 4 members (excludes halogenated alkanes) is 3. The van der Waals surface area contributed by atoms with Crippen LogP contribution in [0.4, 0.5) is 0 Å². The van der Waals surface area contributed by atoms with E-state index in [2.05, 4.69) is 13.8 Å². The van der Waals surface area contributed by atoms with Crippen LogP contribution in [-0.2, 0) is 9.53 Å². The van der Waals surface area contributed by atoms with Crippen LogP contribution in [0.25, 0.3) is 0 Å². The minimum atomic E-state index is 0.558. The first kappa shape index (κ1) is 14.5. The monoisotopic (exact) mass is 214 g/mol. The minimum Gasteiger partial charge on any atom is -0.468 e. The molecule has 2 heteroatoms. The van der Waals surface area contributed by atoms with Gasteiger partial charge in [-0.05, 0) is 12.3 Å². The van der Waals surface area contributed by atoms with E-state index in [0.29, 0.717) is 13.1 Å². The Kier molecular flexibility index (Phi) is 11.1. The molecule has 0 N–H and O–H groups in total. The Morgan fingerprint density at radius 1 is 1.00 bits per heavy atom. The van der Waals surface area contributed by atoms with Gasteiger partial charge < -0.3 is 4.74 Å². The van der Waals surface area contributed by atoms with E-state index in [1.807, 2.05) is 0 Å². The summed E-state index contributed by atoms with van der Waals surface area (Å²) in [5.41, 5.74) is 0. The van der Waals surface area contributed by atoms with Crippen molar-refractivity contribution in [2.24, 2.45) is 5.92 Å². The van der Waals surface area contributed by atoms with E-state index in [1.165, 1.54) is 44.9 Å². The Morgan fingerprint density at radius 3 is 2.27 bits per heavy atom. The van der Waals surface area contributed by atoms with Crippen molar-refractivity contribution in [3.05, 3.63) is 0 Å². The maximum Gasteiger partial charge on any atom is 0.293 e. The van der Waals surface area contributed by atoms with Gasteiger partial charge in [0.05, 0.1) is 6.61 Å². The van der Waals surface area contributed by atoms with Crippen molar-refractivity contribution in [2.45, 2.75) is 65.2 Å². The molecule has 0 aromatic heterocycles. The molecule has 0 heterocycles. The fourth-order valence-electron chi connectivity index (χ4n) is 1.89. The zero-order valence-electron chi connectivity index (χ0n) is 10.3. The summed E-state index contributed by atoms with van der Waals surface area (Å²) in [4.78, 5) is 10.0. The highest BCUT2D eigenvalue weighted by molar-refractivity contribution is 5.36.